The monoisotopic (exact) mass is 590 g/mol. The fourth-order valence-electron chi connectivity index (χ4n) is 6.44. The lowest BCUT2D eigenvalue weighted by molar-refractivity contribution is -0.125. The SMILES string of the molecule is O=C(OC1(C2CCCC(c3cccc(F)c3)N2S(=O)(=O)c2ccc(Cl)cc2)CC1)N1CCC2(CC1)NCNC2=O. The number of carbonyl (C=O) groups is 2. The molecule has 1 saturated carbocycles. The van der Waals surface area contributed by atoms with Gasteiger partial charge in [-0.1, -0.05) is 23.7 Å². The molecule has 0 bridgehead atoms. The van der Waals surface area contributed by atoms with Gasteiger partial charge >= 0.3 is 6.09 Å². The Hall–Kier alpha value is -2.73. The Bertz CT molecular complexity index is 1410. The van der Waals surface area contributed by atoms with Gasteiger partial charge in [0.2, 0.25) is 15.9 Å². The van der Waals surface area contributed by atoms with E-state index in [1.54, 1.807) is 17.0 Å². The standard InChI is InChI=1S/C28H32ClFN4O5S/c29-20-7-9-22(10-8-20)40(37,38)34-23(19-3-1-4-21(30)17-19)5-2-6-24(34)28(11-12-28)39-26(36)33-15-13-27(14-16-33)25(35)31-18-32-27/h1,3-4,7-10,17,23-24,32H,2,5-6,11-16,18H2,(H,31,35). The lowest BCUT2D eigenvalue weighted by Gasteiger charge is -2.45. The van der Waals surface area contributed by atoms with Crippen molar-refractivity contribution in [2.45, 2.75) is 73.1 Å². The molecule has 3 saturated heterocycles. The highest BCUT2D eigenvalue weighted by Crippen LogP contribution is 2.52. The normalized spacial score (nSPS) is 25.9. The summed E-state index contributed by atoms with van der Waals surface area (Å²) in [5.41, 5.74) is -1.06. The topological polar surface area (TPSA) is 108 Å². The summed E-state index contributed by atoms with van der Waals surface area (Å²) in [6.45, 7) is 1.13. The van der Waals surface area contributed by atoms with E-state index >= 15 is 0 Å². The number of sulfonamides is 1. The summed E-state index contributed by atoms with van der Waals surface area (Å²) >= 11 is 6.04. The predicted molar refractivity (Wildman–Crippen MR) is 145 cm³/mol. The summed E-state index contributed by atoms with van der Waals surface area (Å²) < 4.78 is 50.3. The number of carbonyl (C=O) groups excluding carboxylic acids is 2. The van der Waals surface area contributed by atoms with Crippen molar-refractivity contribution >= 4 is 33.6 Å². The van der Waals surface area contributed by atoms with Crippen LogP contribution in [0, 0.1) is 5.82 Å². The zero-order valence-electron chi connectivity index (χ0n) is 21.9. The first-order valence-electron chi connectivity index (χ1n) is 13.7. The molecule has 214 valence electrons. The minimum atomic E-state index is -4.07. The maximum Gasteiger partial charge on any atom is 0.410 e. The molecule has 2 aromatic rings. The van der Waals surface area contributed by atoms with E-state index in [1.165, 1.54) is 40.7 Å². The van der Waals surface area contributed by atoms with E-state index in [4.69, 9.17) is 16.3 Å². The van der Waals surface area contributed by atoms with Crippen molar-refractivity contribution in [3.05, 3.63) is 64.9 Å². The molecule has 2 atom stereocenters. The highest BCUT2D eigenvalue weighted by Gasteiger charge is 2.60. The summed E-state index contributed by atoms with van der Waals surface area (Å²) in [6.07, 6.45) is 3.25. The van der Waals surface area contributed by atoms with Gasteiger partial charge in [-0.05, 0) is 86.9 Å². The van der Waals surface area contributed by atoms with Crippen molar-refractivity contribution in [1.82, 2.24) is 19.8 Å². The maximum atomic E-state index is 14.3. The van der Waals surface area contributed by atoms with Crippen LogP contribution < -0.4 is 10.6 Å². The highest BCUT2D eigenvalue weighted by molar-refractivity contribution is 7.89. The van der Waals surface area contributed by atoms with Crippen LogP contribution in [-0.2, 0) is 19.6 Å². The first-order chi connectivity index (χ1) is 19.1. The predicted octanol–water partition coefficient (Wildman–Crippen LogP) is 3.94. The van der Waals surface area contributed by atoms with Crippen LogP contribution >= 0.6 is 11.6 Å². The second kappa shape index (κ2) is 10.3. The number of amides is 2. The molecule has 2 N–H and O–H groups in total. The summed E-state index contributed by atoms with van der Waals surface area (Å²) in [7, 11) is -4.07. The van der Waals surface area contributed by atoms with Gasteiger partial charge in [-0.15, -0.1) is 0 Å². The van der Waals surface area contributed by atoms with Gasteiger partial charge in [0.05, 0.1) is 23.6 Å². The van der Waals surface area contributed by atoms with Gasteiger partial charge in [-0.3, -0.25) is 10.1 Å². The molecule has 40 heavy (non-hydrogen) atoms. The first kappa shape index (κ1) is 27.4. The Morgan fingerprint density at radius 2 is 1.77 bits per heavy atom. The van der Waals surface area contributed by atoms with E-state index in [0.29, 0.717) is 75.3 Å². The fourth-order valence-corrected chi connectivity index (χ4v) is 8.49. The lowest BCUT2D eigenvalue weighted by Crippen LogP contribution is -2.57. The smallest absolute Gasteiger partial charge is 0.410 e. The zero-order valence-corrected chi connectivity index (χ0v) is 23.5. The Labute approximate surface area is 238 Å². The van der Waals surface area contributed by atoms with E-state index in [-0.39, 0.29) is 10.8 Å². The van der Waals surface area contributed by atoms with Crippen LogP contribution in [0.1, 0.15) is 56.6 Å². The largest absolute Gasteiger partial charge is 0.441 e. The number of rotatable bonds is 5. The van der Waals surface area contributed by atoms with Crippen molar-refractivity contribution in [2.24, 2.45) is 0 Å². The van der Waals surface area contributed by atoms with Gasteiger partial charge in [0.1, 0.15) is 17.0 Å². The van der Waals surface area contributed by atoms with Crippen molar-refractivity contribution in [3.63, 3.8) is 0 Å². The molecular weight excluding hydrogens is 559 g/mol. The number of halogens is 2. The van der Waals surface area contributed by atoms with Crippen LogP contribution in [0.4, 0.5) is 9.18 Å². The highest BCUT2D eigenvalue weighted by atomic mass is 35.5. The van der Waals surface area contributed by atoms with E-state index < -0.39 is 45.2 Å². The number of hydrogen-bond acceptors (Lipinski definition) is 6. The maximum absolute atomic E-state index is 14.3. The summed E-state index contributed by atoms with van der Waals surface area (Å²) in [6, 6.07) is 10.8. The van der Waals surface area contributed by atoms with Crippen molar-refractivity contribution < 1.29 is 27.1 Å². The van der Waals surface area contributed by atoms with Crippen molar-refractivity contribution in [2.75, 3.05) is 19.8 Å². The molecule has 3 heterocycles. The van der Waals surface area contributed by atoms with Crippen LogP contribution in [-0.4, -0.2) is 66.6 Å². The second-order valence-electron chi connectivity index (χ2n) is 11.2. The number of likely N-dealkylation sites (tertiary alicyclic amines) is 1. The van der Waals surface area contributed by atoms with Crippen molar-refractivity contribution in [3.8, 4) is 0 Å². The average Bonchev–Trinajstić information content (AvgIpc) is 3.65. The summed E-state index contributed by atoms with van der Waals surface area (Å²) in [5.74, 6) is -0.489. The third-order valence-corrected chi connectivity index (χ3v) is 11.0. The number of nitrogens with one attached hydrogen (secondary N) is 2. The van der Waals surface area contributed by atoms with Gasteiger partial charge in [-0.2, -0.15) is 4.31 Å². The van der Waals surface area contributed by atoms with Crippen LogP contribution in [0.5, 0.6) is 0 Å². The molecule has 0 radical (unpaired) electrons. The number of nitrogens with zero attached hydrogens (tertiary/aromatic N) is 2. The van der Waals surface area contributed by atoms with Crippen molar-refractivity contribution in [1.29, 1.82) is 0 Å². The van der Waals surface area contributed by atoms with E-state index in [1.807, 2.05) is 0 Å². The molecular formula is C28H32ClFN4O5S. The molecule has 2 unspecified atom stereocenters. The van der Waals surface area contributed by atoms with Crippen LogP contribution in [0.25, 0.3) is 0 Å². The van der Waals surface area contributed by atoms with Gasteiger partial charge in [-0.25, -0.2) is 17.6 Å². The summed E-state index contributed by atoms with van der Waals surface area (Å²) in [5, 5.41) is 6.42. The molecule has 4 fully saturated rings. The van der Waals surface area contributed by atoms with E-state index in [2.05, 4.69) is 10.6 Å². The quantitative estimate of drug-likeness (QED) is 0.546. The minimum absolute atomic E-state index is 0.0483. The molecule has 6 rings (SSSR count). The Morgan fingerprint density at radius 1 is 1.05 bits per heavy atom. The molecule has 1 aliphatic carbocycles. The number of hydrogen-bond donors (Lipinski definition) is 2. The minimum Gasteiger partial charge on any atom is -0.441 e. The number of ether oxygens (including phenoxy) is 1. The van der Waals surface area contributed by atoms with Gasteiger partial charge in [0.15, 0.2) is 0 Å². The molecule has 9 nitrogen and oxygen atoms in total. The number of piperidine rings is 2. The van der Waals surface area contributed by atoms with Crippen LogP contribution in [0.15, 0.2) is 53.4 Å². The average molecular weight is 591 g/mol. The van der Waals surface area contributed by atoms with Gasteiger partial charge < -0.3 is 15.0 Å². The zero-order chi connectivity index (χ0) is 28.1. The second-order valence-corrected chi connectivity index (χ2v) is 13.4. The first-order valence-corrected chi connectivity index (χ1v) is 15.5. The molecule has 4 aliphatic rings. The molecule has 0 aromatic heterocycles. The fraction of sp³-hybridized carbons (Fsp3) is 0.500. The van der Waals surface area contributed by atoms with Gasteiger partial charge in [0, 0.05) is 18.1 Å². The van der Waals surface area contributed by atoms with Crippen LogP contribution in [0.2, 0.25) is 5.02 Å². The molecule has 2 amide bonds. The lowest BCUT2D eigenvalue weighted by atomic mass is 9.88. The molecule has 3 aliphatic heterocycles. The molecule has 2 aromatic carbocycles. The number of benzene rings is 2. The Morgan fingerprint density at radius 3 is 2.40 bits per heavy atom. The Balaban J connectivity index is 1.28. The van der Waals surface area contributed by atoms with E-state index in [9.17, 15) is 22.4 Å². The third-order valence-electron chi connectivity index (χ3n) is 8.82. The van der Waals surface area contributed by atoms with Gasteiger partial charge in [0.25, 0.3) is 0 Å². The third kappa shape index (κ3) is 4.87. The summed E-state index contributed by atoms with van der Waals surface area (Å²) in [4.78, 5) is 27.4. The van der Waals surface area contributed by atoms with Crippen LogP contribution in [0.3, 0.4) is 0 Å². The van der Waals surface area contributed by atoms with E-state index in [0.717, 1.165) is 0 Å². The Kier molecular flexibility index (Phi) is 7.05. The molecule has 1 spiro atoms. The molecule has 12 heteroatoms.